The van der Waals surface area contributed by atoms with Gasteiger partial charge in [-0.3, -0.25) is 4.79 Å². The van der Waals surface area contributed by atoms with Crippen molar-refractivity contribution >= 4 is 33.1 Å². The highest BCUT2D eigenvalue weighted by Gasteiger charge is 2.37. The third-order valence-electron chi connectivity index (χ3n) is 5.68. The molecule has 3 aromatic carbocycles. The molecule has 0 saturated heterocycles. The van der Waals surface area contributed by atoms with Crippen LogP contribution in [0.3, 0.4) is 0 Å². The summed E-state index contributed by atoms with van der Waals surface area (Å²) in [5, 5.41) is 3.96. The molecule has 7 heteroatoms. The van der Waals surface area contributed by atoms with Crippen molar-refractivity contribution in [1.82, 2.24) is 4.98 Å². The van der Waals surface area contributed by atoms with Crippen molar-refractivity contribution in [2.45, 2.75) is 18.8 Å². The van der Waals surface area contributed by atoms with Crippen LogP contribution in [0.2, 0.25) is 0 Å². The van der Waals surface area contributed by atoms with Crippen LogP contribution in [0.5, 0.6) is 17.2 Å². The predicted molar refractivity (Wildman–Crippen MR) is 132 cm³/mol. The summed E-state index contributed by atoms with van der Waals surface area (Å²) in [4.78, 5) is 18.5. The number of benzene rings is 3. The van der Waals surface area contributed by atoms with Gasteiger partial charge in [0.25, 0.3) is 0 Å². The number of carbonyl (C=O) groups is 1. The summed E-state index contributed by atoms with van der Waals surface area (Å²) in [6.07, 6.45) is 0.465. The molecule has 33 heavy (non-hydrogen) atoms. The number of fused-ring (bicyclic) bond motifs is 1. The van der Waals surface area contributed by atoms with Crippen LogP contribution in [0.4, 0.5) is 5.69 Å². The Balaban J connectivity index is 1.71. The number of thiazole rings is 1. The fraction of sp³-hybridized carbons (Fsp3) is 0.231. The number of nitrogens with zero attached hydrogens (tertiary/aromatic N) is 1. The molecule has 0 saturated carbocycles. The lowest BCUT2D eigenvalue weighted by Crippen LogP contribution is -2.39. The van der Waals surface area contributed by atoms with Gasteiger partial charge in [0.15, 0.2) is 11.5 Å². The van der Waals surface area contributed by atoms with Gasteiger partial charge in [0.1, 0.15) is 0 Å². The number of carbonyl (C=O) groups excluding carboxylic acids is 1. The standard InChI is InChI=1S/C26H26N2O4S/c1-26(17-10-6-5-7-11-17,16-23-28-19-12-8-9-13-22(19)33-23)25(29)27-18-14-20(30-2)24(32-4)21(15-18)31-3/h5-15H,16H2,1-4H3,(H,27,29). The zero-order valence-electron chi connectivity index (χ0n) is 19.0. The SMILES string of the molecule is COc1cc(NC(=O)C(C)(Cc2nc3ccccc3s2)c2ccccc2)cc(OC)c1OC. The van der Waals surface area contributed by atoms with E-state index in [-0.39, 0.29) is 5.91 Å². The number of hydrogen-bond acceptors (Lipinski definition) is 6. The van der Waals surface area contributed by atoms with Crippen molar-refractivity contribution in [2.24, 2.45) is 0 Å². The van der Waals surface area contributed by atoms with Gasteiger partial charge in [0.2, 0.25) is 11.7 Å². The molecule has 4 rings (SSSR count). The lowest BCUT2D eigenvalue weighted by atomic mass is 9.78. The van der Waals surface area contributed by atoms with Crippen molar-refractivity contribution in [1.29, 1.82) is 0 Å². The molecule has 0 aliphatic heterocycles. The van der Waals surface area contributed by atoms with Crippen molar-refractivity contribution in [3.05, 3.63) is 77.3 Å². The molecule has 0 aliphatic rings. The van der Waals surface area contributed by atoms with Crippen molar-refractivity contribution in [2.75, 3.05) is 26.6 Å². The molecule has 0 spiro atoms. The van der Waals surface area contributed by atoms with E-state index in [4.69, 9.17) is 19.2 Å². The molecule has 1 N–H and O–H groups in total. The number of amides is 1. The Kier molecular flexibility index (Phi) is 6.51. The van der Waals surface area contributed by atoms with E-state index in [1.54, 1.807) is 44.8 Å². The largest absolute Gasteiger partial charge is 0.493 e. The van der Waals surface area contributed by atoms with Crippen LogP contribution in [0.25, 0.3) is 10.2 Å². The summed E-state index contributed by atoms with van der Waals surface area (Å²) < 4.78 is 17.4. The number of ether oxygens (including phenoxy) is 3. The van der Waals surface area contributed by atoms with Gasteiger partial charge in [-0.25, -0.2) is 4.98 Å². The minimum atomic E-state index is -0.852. The number of aromatic nitrogens is 1. The normalized spacial score (nSPS) is 12.7. The molecule has 0 radical (unpaired) electrons. The van der Waals surface area contributed by atoms with Crippen molar-refractivity contribution < 1.29 is 19.0 Å². The summed E-state index contributed by atoms with van der Waals surface area (Å²) in [5.41, 5.74) is 1.56. The summed E-state index contributed by atoms with van der Waals surface area (Å²) in [6.45, 7) is 1.95. The lowest BCUT2D eigenvalue weighted by molar-refractivity contribution is -0.121. The zero-order valence-corrected chi connectivity index (χ0v) is 19.9. The first-order chi connectivity index (χ1) is 16.0. The number of para-hydroxylation sites is 1. The van der Waals surface area contributed by atoms with Crippen LogP contribution < -0.4 is 19.5 Å². The van der Waals surface area contributed by atoms with Gasteiger partial charge in [-0.05, 0) is 24.6 Å². The molecule has 1 aromatic heterocycles. The third kappa shape index (κ3) is 4.50. The summed E-state index contributed by atoms with van der Waals surface area (Å²) >= 11 is 1.61. The minimum Gasteiger partial charge on any atom is -0.493 e. The zero-order chi connectivity index (χ0) is 23.4. The maximum Gasteiger partial charge on any atom is 0.235 e. The number of anilines is 1. The average molecular weight is 463 g/mol. The highest BCUT2D eigenvalue weighted by atomic mass is 32.1. The molecule has 1 atom stereocenters. The highest BCUT2D eigenvalue weighted by molar-refractivity contribution is 7.18. The van der Waals surface area contributed by atoms with E-state index in [2.05, 4.69) is 5.32 Å². The number of rotatable bonds is 8. The van der Waals surface area contributed by atoms with Crippen LogP contribution in [0.1, 0.15) is 17.5 Å². The first-order valence-corrected chi connectivity index (χ1v) is 11.3. The molecule has 0 fully saturated rings. The van der Waals surface area contributed by atoms with E-state index in [9.17, 15) is 4.79 Å². The van der Waals surface area contributed by atoms with Gasteiger partial charge in [-0.2, -0.15) is 0 Å². The quantitative estimate of drug-likeness (QED) is 0.376. The third-order valence-corrected chi connectivity index (χ3v) is 6.71. The fourth-order valence-corrected chi connectivity index (χ4v) is 4.96. The molecule has 0 bridgehead atoms. The average Bonchev–Trinajstić information content (AvgIpc) is 3.25. The molecule has 1 amide bonds. The van der Waals surface area contributed by atoms with E-state index < -0.39 is 5.41 Å². The van der Waals surface area contributed by atoms with E-state index in [0.717, 1.165) is 20.8 Å². The van der Waals surface area contributed by atoms with Crippen molar-refractivity contribution in [3.8, 4) is 17.2 Å². The molecular formula is C26H26N2O4S. The van der Waals surface area contributed by atoms with E-state index in [0.29, 0.717) is 29.4 Å². The summed E-state index contributed by atoms with van der Waals surface area (Å²) in [7, 11) is 4.64. The topological polar surface area (TPSA) is 69.7 Å². The van der Waals surface area contributed by atoms with Gasteiger partial charge in [-0.1, -0.05) is 42.5 Å². The Hall–Kier alpha value is -3.58. The summed E-state index contributed by atoms with van der Waals surface area (Å²) in [5.74, 6) is 1.26. The second-order valence-corrected chi connectivity index (χ2v) is 8.93. The van der Waals surface area contributed by atoms with Crippen LogP contribution in [0, 0.1) is 0 Å². The number of hydrogen-bond donors (Lipinski definition) is 1. The Morgan fingerprint density at radius 3 is 2.18 bits per heavy atom. The fourth-order valence-electron chi connectivity index (χ4n) is 3.84. The van der Waals surface area contributed by atoms with E-state index in [1.807, 2.05) is 61.5 Å². The molecule has 6 nitrogen and oxygen atoms in total. The maximum absolute atomic E-state index is 13.8. The lowest BCUT2D eigenvalue weighted by Gasteiger charge is -2.28. The highest BCUT2D eigenvalue weighted by Crippen LogP contribution is 2.41. The number of nitrogens with one attached hydrogen (secondary N) is 1. The second kappa shape index (κ2) is 9.50. The Bertz CT molecular complexity index is 1210. The first-order valence-electron chi connectivity index (χ1n) is 10.5. The molecular weight excluding hydrogens is 436 g/mol. The van der Waals surface area contributed by atoms with E-state index in [1.165, 1.54) is 0 Å². The Morgan fingerprint density at radius 2 is 1.58 bits per heavy atom. The predicted octanol–water partition coefficient (Wildman–Crippen LogP) is 5.46. The Labute approximate surface area is 197 Å². The van der Waals surface area contributed by atoms with Gasteiger partial charge >= 0.3 is 0 Å². The smallest absolute Gasteiger partial charge is 0.235 e. The molecule has 1 heterocycles. The van der Waals surface area contributed by atoms with Gasteiger partial charge in [-0.15, -0.1) is 11.3 Å². The van der Waals surface area contributed by atoms with Crippen LogP contribution >= 0.6 is 11.3 Å². The van der Waals surface area contributed by atoms with Gasteiger partial charge in [0.05, 0.1) is 42.0 Å². The van der Waals surface area contributed by atoms with Crippen molar-refractivity contribution in [3.63, 3.8) is 0 Å². The molecule has 0 aliphatic carbocycles. The summed E-state index contributed by atoms with van der Waals surface area (Å²) in [6, 6.07) is 21.2. The van der Waals surface area contributed by atoms with Crippen LogP contribution in [0.15, 0.2) is 66.7 Å². The molecule has 1 unspecified atom stereocenters. The second-order valence-electron chi connectivity index (χ2n) is 7.82. The van der Waals surface area contributed by atoms with Gasteiger partial charge < -0.3 is 19.5 Å². The minimum absolute atomic E-state index is 0.151. The van der Waals surface area contributed by atoms with Gasteiger partial charge in [0, 0.05) is 24.2 Å². The van der Waals surface area contributed by atoms with E-state index >= 15 is 0 Å². The first kappa shape index (κ1) is 22.6. The van der Waals surface area contributed by atoms with Crippen LogP contribution in [-0.2, 0) is 16.6 Å². The molecule has 4 aromatic rings. The monoisotopic (exact) mass is 462 g/mol. The number of methoxy groups -OCH3 is 3. The van der Waals surface area contributed by atoms with Crippen LogP contribution in [-0.4, -0.2) is 32.2 Å². The Morgan fingerprint density at radius 1 is 0.939 bits per heavy atom. The maximum atomic E-state index is 13.8. The molecule has 170 valence electrons.